The molecular weight excluding hydrogens is 594 g/mol. The van der Waals surface area contributed by atoms with Gasteiger partial charge < -0.3 is 14.8 Å². The number of nitrogens with zero attached hydrogens (tertiary/aromatic N) is 2. The van der Waals surface area contributed by atoms with Crippen LogP contribution < -0.4 is 5.32 Å². The van der Waals surface area contributed by atoms with Crippen LogP contribution in [0.5, 0.6) is 0 Å². The van der Waals surface area contributed by atoms with E-state index >= 15 is 0 Å². The molecule has 6 rings (SSSR count). The Bertz CT molecular complexity index is 1380. The molecule has 2 unspecified atom stereocenters. The Morgan fingerprint density at radius 1 is 0.595 bits per heavy atom. The fourth-order valence-corrected chi connectivity index (χ4v) is 5.21. The molecule has 184 valence electrons. The van der Waals surface area contributed by atoms with Crippen molar-refractivity contribution in [3.63, 3.8) is 0 Å². The van der Waals surface area contributed by atoms with Crippen LogP contribution in [0.2, 0.25) is 0 Å². The van der Waals surface area contributed by atoms with Crippen molar-refractivity contribution >= 4 is 55.0 Å². The summed E-state index contributed by atoms with van der Waals surface area (Å²) >= 11 is 7.22. The van der Waals surface area contributed by atoms with Gasteiger partial charge in [0.15, 0.2) is 0 Å². The lowest BCUT2D eigenvalue weighted by molar-refractivity contribution is 0.320. The lowest BCUT2D eigenvalue weighted by Gasteiger charge is -2.16. The molecule has 0 spiro atoms. The fraction of sp³-hybridized carbons (Fsp3) is 0.133. The maximum Gasteiger partial charge on any atom is 0.219 e. The molecule has 0 aromatic heterocycles. The molecule has 1 N–H and O–H groups in total. The molecule has 0 aliphatic carbocycles. The second-order valence-corrected chi connectivity index (χ2v) is 10.7. The predicted molar refractivity (Wildman–Crippen MR) is 155 cm³/mol. The van der Waals surface area contributed by atoms with E-state index in [1.54, 1.807) is 0 Å². The molecule has 0 saturated carbocycles. The number of hydrogen-bond acceptors (Lipinski definition) is 5. The molecule has 5 nitrogen and oxygen atoms in total. The second-order valence-electron chi connectivity index (χ2n) is 8.85. The van der Waals surface area contributed by atoms with Gasteiger partial charge >= 0.3 is 0 Å². The third kappa shape index (κ3) is 5.20. The van der Waals surface area contributed by atoms with Gasteiger partial charge in [0.2, 0.25) is 11.8 Å². The van der Waals surface area contributed by atoms with Crippen molar-refractivity contribution in [3.05, 3.63) is 128 Å². The average Bonchev–Trinajstić information content (AvgIpc) is 3.62. The van der Waals surface area contributed by atoms with Crippen LogP contribution in [-0.2, 0) is 9.47 Å². The third-order valence-corrected chi connectivity index (χ3v) is 7.35. The highest BCUT2D eigenvalue weighted by atomic mass is 79.9. The molecule has 37 heavy (non-hydrogen) atoms. The number of ether oxygens (including phenoxy) is 2. The molecule has 0 amide bonds. The molecule has 2 aliphatic heterocycles. The van der Waals surface area contributed by atoms with Crippen molar-refractivity contribution in [1.29, 1.82) is 0 Å². The van der Waals surface area contributed by atoms with E-state index in [2.05, 4.69) is 61.4 Å². The number of anilines is 2. The minimum Gasteiger partial charge on any atom is -0.475 e. The molecule has 2 heterocycles. The van der Waals surface area contributed by atoms with Gasteiger partial charge in [-0.25, -0.2) is 9.98 Å². The number of halogens is 2. The molecule has 0 radical (unpaired) electrons. The number of nitrogens with one attached hydrogen (secondary N) is 1. The molecule has 7 heteroatoms. The monoisotopic (exact) mass is 615 g/mol. The van der Waals surface area contributed by atoms with Crippen LogP contribution in [0.15, 0.2) is 116 Å². The van der Waals surface area contributed by atoms with Gasteiger partial charge in [0, 0.05) is 8.95 Å². The normalized spacial score (nSPS) is 18.5. The van der Waals surface area contributed by atoms with Gasteiger partial charge in [-0.3, -0.25) is 0 Å². The zero-order chi connectivity index (χ0) is 25.2. The van der Waals surface area contributed by atoms with Crippen molar-refractivity contribution in [3.8, 4) is 0 Å². The summed E-state index contributed by atoms with van der Waals surface area (Å²) in [6.07, 6.45) is 0. The van der Waals surface area contributed by atoms with Crippen LogP contribution in [0, 0.1) is 0 Å². The van der Waals surface area contributed by atoms with Crippen LogP contribution in [0.1, 0.15) is 34.3 Å². The van der Waals surface area contributed by atoms with Crippen LogP contribution >= 0.6 is 31.9 Å². The van der Waals surface area contributed by atoms with Gasteiger partial charge in [-0.15, -0.1) is 0 Å². The molecule has 4 aromatic carbocycles. The zero-order valence-electron chi connectivity index (χ0n) is 19.8. The molecule has 0 saturated heterocycles. The third-order valence-electron chi connectivity index (χ3n) is 6.36. The fourth-order valence-electron chi connectivity index (χ4n) is 4.48. The number of rotatable bonds is 6. The number of hydrogen-bond donors (Lipinski definition) is 1. The van der Waals surface area contributed by atoms with E-state index in [9.17, 15) is 0 Å². The summed E-state index contributed by atoms with van der Waals surface area (Å²) in [5.41, 5.74) is 5.83. The van der Waals surface area contributed by atoms with E-state index < -0.39 is 0 Å². The smallest absolute Gasteiger partial charge is 0.219 e. The summed E-state index contributed by atoms with van der Waals surface area (Å²) in [7, 11) is 0. The van der Waals surface area contributed by atoms with Gasteiger partial charge in [-0.05, 0) is 47.5 Å². The maximum absolute atomic E-state index is 6.08. The Balaban J connectivity index is 1.33. The van der Waals surface area contributed by atoms with Crippen molar-refractivity contribution in [2.45, 2.75) is 12.1 Å². The van der Waals surface area contributed by atoms with Gasteiger partial charge in [0.1, 0.15) is 25.3 Å². The Morgan fingerprint density at radius 3 is 1.46 bits per heavy atom. The van der Waals surface area contributed by atoms with Crippen LogP contribution in [0.4, 0.5) is 11.4 Å². The van der Waals surface area contributed by atoms with Crippen LogP contribution in [0.3, 0.4) is 0 Å². The van der Waals surface area contributed by atoms with Gasteiger partial charge in [0.25, 0.3) is 0 Å². The summed E-state index contributed by atoms with van der Waals surface area (Å²) in [4.78, 5) is 9.81. The minimum atomic E-state index is -0.0255. The van der Waals surface area contributed by atoms with Crippen LogP contribution in [0.25, 0.3) is 0 Å². The van der Waals surface area contributed by atoms with E-state index in [1.165, 1.54) is 0 Å². The Morgan fingerprint density at radius 2 is 1.03 bits per heavy atom. The van der Waals surface area contributed by atoms with Crippen molar-refractivity contribution in [1.82, 2.24) is 0 Å². The summed E-state index contributed by atoms with van der Waals surface area (Å²) in [5, 5.41) is 3.60. The topological polar surface area (TPSA) is 55.2 Å². The van der Waals surface area contributed by atoms with Crippen molar-refractivity contribution < 1.29 is 9.47 Å². The van der Waals surface area contributed by atoms with E-state index in [0.29, 0.717) is 25.0 Å². The summed E-state index contributed by atoms with van der Waals surface area (Å²) in [5.74, 6) is 1.24. The van der Waals surface area contributed by atoms with E-state index in [1.807, 2.05) is 72.8 Å². The number of benzene rings is 4. The van der Waals surface area contributed by atoms with Gasteiger partial charge in [-0.2, -0.15) is 0 Å². The quantitative estimate of drug-likeness (QED) is 0.239. The Hall–Kier alpha value is -3.42. The first-order valence-corrected chi connectivity index (χ1v) is 13.6. The number of aliphatic imine (C=N–C) groups is 2. The average molecular weight is 617 g/mol. The maximum atomic E-state index is 6.08. The van der Waals surface area contributed by atoms with Crippen molar-refractivity contribution in [2.24, 2.45) is 9.98 Å². The lowest BCUT2D eigenvalue weighted by Crippen LogP contribution is -2.09. The highest BCUT2D eigenvalue weighted by Gasteiger charge is 2.26. The second kappa shape index (κ2) is 10.5. The zero-order valence-corrected chi connectivity index (χ0v) is 22.9. The first-order chi connectivity index (χ1) is 18.1. The standard InChI is InChI=1S/C30H23Br2N3O2/c31-21-11-13-25(23(15-21)29-34-27(17-36-29)19-7-3-1-4-8-19)33-26-14-12-22(32)16-24(26)30-35-28(18-37-30)20-9-5-2-6-10-20/h1-16,27-28,33H,17-18H2. The highest BCUT2D eigenvalue weighted by Crippen LogP contribution is 2.34. The molecule has 4 aromatic rings. The first kappa shape index (κ1) is 23.9. The predicted octanol–water partition coefficient (Wildman–Crippen LogP) is 7.99. The van der Waals surface area contributed by atoms with Crippen molar-refractivity contribution in [2.75, 3.05) is 18.5 Å². The Kier molecular flexibility index (Phi) is 6.81. The molecular formula is C30H23Br2N3O2. The summed E-state index contributed by atoms with van der Waals surface area (Å²) in [6, 6.07) is 32.5. The summed E-state index contributed by atoms with van der Waals surface area (Å²) < 4.78 is 14.1. The molecule has 2 aliphatic rings. The molecule has 0 bridgehead atoms. The van der Waals surface area contributed by atoms with Crippen LogP contribution in [-0.4, -0.2) is 25.0 Å². The first-order valence-electron chi connectivity index (χ1n) is 12.0. The Labute approximate surface area is 232 Å². The SMILES string of the molecule is Brc1ccc(Nc2ccc(Br)cc2C2=NC(c3ccccc3)CO2)c(C2=NC(c3ccccc3)CO2)c1. The highest BCUT2D eigenvalue weighted by molar-refractivity contribution is 9.10. The largest absolute Gasteiger partial charge is 0.475 e. The molecule has 2 atom stereocenters. The van der Waals surface area contributed by atoms with Gasteiger partial charge in [0.05, 0.1) is 22.5 Å². The minimum absolute atomic E-state index is 0.0255. The lowest BCUT2D eigenvalue weighted by atomic mass is 10.1. The van der Waals surface area contributed by atoms with Gasteiger partial charge in [-0.1, -0.05) is 92.5 Å². The van der Waals surface area contributed by atoms with E-state index in [4.69, 9.17) is 19.5 Å². The van der Waals surface area contributed by atoms with E-state index in [0.717, 1.165) is 42.6 Å². The molecule has 0 fully saturated rings. The van der Waals surface area contributed by atoms with E-state index in [-0.39, 0.29) is 12.1 Å². The summed E-state index contributed by atoms with van der Waals surface area (Å²) in [6.45, 7) is 1.03.